The Balaban J connectivity index is 2.38. The average molecular weight is 300 g/mol. The van der Waals surface area contributed by atoms with Crippen molar-refractivity contribution in [3.8, 4) is 11.6 Å². The van der Waals surface area contributed by atoms with Crippen molar-refractivity contribution in [2.75, 3.05) is 5.73 Å². The number of aryl methyl sites for hydroxylation is 2. The van der Waals surface area contributed by atoms with Crippen LogP contribution >= 0.6 is 15.9 Å². The SMILES string of the molecule is Cc1nn(C)c(Oc2ccc(Br)cc2F)c1N. The van der Waals surface area contributed by atoms with Gasteiger partial charge in [-0.2, -0.15) is 5.10 Å². The third-order valence-electron chi connectivity index (χ3n) is 2.31. The molecule has 0 amide bonds. The van der Waals surface area contributed by atoms with Gasteiger partial charge >= 0.3 is 0 Å². The number of benzene rings is 1. The van der Waals surface area contributed by atoms with Crippen molar-refractivity contribution >= 4 is 21.6 Å². The van der Waals surface area contributed by atoms with Crippen molar-refractivity contribution in [1.82, 2.24) is 9.78 Å². The number of ether oxygens (including phenoxy) is 1. The highest BCUT2D eigenvalue weighted by Gasteiger charge is 2.14. The normalized spacial score (nSPS) is 10.6. The Kier molecular flexibility index (Phi) is 3.06. The van der Waals surface area contributed by atoms with Crippen molar-refractivity contribution in [2.45, 2.75) is 6.92 Å². The van der Waals surface area contributed by atoms with Gasteiger partial charge in [0, 0.05) is 11.5 Å². The Morgan fingerprint density at radius 3 is 2.71 bits per heavy atom. The summed E-state index contributed by atoms with van der Waals surface area (Å²) in [6, 6.07) is 4.55. The van der Waals surface area contributed by atoms with Gasteiger partial charge in [0.2, 0.25) is 5.88 Å². The highest BCUT2D eigenvalue weighted by molar-refractivity contribution is 9.10. The van der Waals surface area contributed by atoms with Crippen LogP contribution in [-0.4, -0.2) is 9.78 Å². The lowest BCUT2D eigenvalue weighted by Gasteiger charge is -2.07. The molecule has 1 aromatic heterocycles. The minimum Gasteiger partial charge on any atom is -0.434 e. The minimum atomic E-state index is -0.461. The zero-order valence-electron chi connectivity index (χ0n) is 9.37. The first-order valence-electron chi connectivity index (χ1n) is 4.91. The van der Waals surface area contributed by atoms with Crippen LogP contribution in [0.15, 0.2) is 22.7 Å². The number of nitrogen functional groups attached to an aromatic ring is 1. The molecule has 0 atom stereocenters. The van der Waals surface area contributed by atoms with Crippen LogP contribution in [0.3, 0.4) is 0 Å². The van der Waals surface area contributed by atoms with Gasteiger partial charge in [0.1, 0.15) is 5.69 Å². The highest BCUT2D eigenvalue weighted by Crippen LogP contribution is 2.31. The molecule has 6 heteroatoms. The summed E-state index contributed by atoms with van der Waals surface area (Å²) >= 11 is 3.18. The smallest absolute Gasteiger partial charge is 0.241 e. The van der Waals surface area contributed by atoms with Crippen molar-refractivity contribution in [3.05, 3.63) is 34.2 Å². The average Bonchev–Trinajstić information content (AvgIpc) is 2.48. The van der Waals surface area contributed by atoms with Crippen LogP contribution in [0.4, 0.5) is 10.1 Å². The maximum absolute atomic E-state index is 13.6. The van der Waals surface area contributed by atoms with Gasteiger partial charge in [0.15, 0.2) is 11.6 Å². The van der Waals surface area contributed by atoms with Crippen molar-refractivity contribution in [3.63, 3.8) is 0 Å². The van der Waals surface area contributed by atoms with E-state index in [0.717, 1.165) is 0 Å². The molecule has 0 bridgehead atoms. The van der Waals surface area contributed by atoms with E-state index in [1.807, 2.05) is 0 Å². The van der Waals surface area contributed by atoms with E-state index in [1.165, 1.54) is 16.8 Å². The maximum Gasteiger partial charge on any atom is 0.241 e. The molecule has 0 fully saturated rings. The lowest BCUT2D eigenvalue weighted by molar-refractivity contribution is 0.405. The molecule has 0 aliphatic carbocycles. The Morgan fingerprint density at radius 2 is 2.18 bits per heavy atom. The Labute approximate surface area is 106 Å². The monoisotopic (exact) mass is 299 g/mol. The standard InChI is InChI=1S/C11H11BrFN3O/c1-6-10(14)11(16(2)15-6)17-9-4-3-7(12)5-8(9)13/h3-5H,14H2,1-2H3. The molecule has 0 saturated carbocycles. The number of nitrogens with two attached hydrogens (primary N) is 1. The van der Waals surface area contributed by atoms with E-state index in [9.17, 15) is 4.39 Å². The van der Waals surface area contributed by atoms with Crippen LogP contribution in [0.2, 0.25) is 0 Å². The van der Waals surface area contributed by atoms with Gasteiger partial charge in [-0.05, 0) is 25.1 Å². The van der Waals surface area contributed by atoms with Gasteiger partial charge < -0.3 is 10.5 Å². The molecular formula is C11H11BrFN3O. The van der Waals surface area contributed by atoms with Crippen LogP contribution in [0.1, 0.15) is 5.69 Å². The Bertz CT molecular complexity index is 568. The lowest BCUT2D eigenvalue weighted by Crippen LogP contribution is -1.98. The second-order valence-electron chi connectivity index (χ2n) is 3.60. The molecule has 1 aromatic carbocycles. The number of aromatic nitrogens is 2. The van der Waals surface area contributed by atoms with E-state index in [1.54, 1.807) is 20.0 Å². The van der Waals surface area contributed by atoms with Gasteiger partial charge in [-0.25, -0.2) is 9.07 Å². The summed E-state index contributed by atoms with van der Waals surface area (Å²) in [7, 11) is 1.69. The Hall–Kier alpha value is -1.56. The number of hydrogen-bond acceptors (Lipinski definition) is 3. The van der Waals surface area contributed by atoms with Crippen molar-refractivity contribution in [2.24, 2.45) is 7.05 Å². The van der Waals surface area contributed by atoms with E-state index in [2.05, 4.69) is 21.0 Å². The molecule has 17 heavy (non-hydrogen) atoms. The molecule has 0 spiro atoms. The molecule has 0 saturated heterocycles. The molecule has 0 aliphatic heterocycles. The molecule has 90 valence electrons. The zero-order valence-corrected chi connectivity index (χ0v) is 11.0. The third kappa shape index (κ3) is 2.26. The van der Waals surface area contributed by atoms with E-state index in [4.69, 9.17) is 10.5 Å². The van der Waals surface area contributed by atoms with Gasteiger partial charge in [-0.3, -0.25) is 0 Å². The summed E-state index contributed by atoms with van der Waals surface area (Å²) in [5.74, 6) is -0.00995. The fourth-order valence-corrected chi connectivity index (χ4v) is 1.77. The van der Waals surface area contributed by atoms with Gasteiger partial charge in [-0.15, -0.1) is 0 Å². The molecular weight excluding hydrogens is 289 g/mol. The number of anilines is 1. The number of rotatable bonds is 2. The van der Waals surface area contributed by atoms with Crippen LogP contribution in [0, 0.1) is 12.7 Å². The summed E-state index contributed by atoms with van der Waals surface area (Å²) in [4.78, 5) is 0. The molecule has 0 radical (unpaired) electrons. The quantitative estimate of drug-likeness (QED) is 0.927. The Morgan fingerprint density at radius 1 is 1.47 bits per heavy atom. The van der Waals surface area contributed by atoms with Gasteiger partial charge in [-0.1, -0.05) is 15.9 Å². The van der Waals surface area contributed by atoms with E-state index < -0.39 is 5.82 Å². The summed E-state index contributed by atoms with van der Waals surface area (Å²) in [6.45, 7) is 1.76. The molecule has 0 aliphatic rings. The fourth-order valence-electron chi connectivity index (χ4n) is 1.44. The van der Waals surface area contributed by atoms with Gasteiger partial charge in [0.25, 0.3) is 0 Å². The summed E-state index contributed by atoms with van der Waals surface area (Å²) in [6.07, 6.45) is 0. The predicted octanol–water partition coefficient (Wildman–Crippen LogP) is 3.00. The van der Waals surface area contributed by atoms with Crippen molar-refractivity contribution < 1.29 is 9.13 Å². The minimum absolute atomic E-state index is 0.114. The summed E-state index contributed by atoms with van der Waals surface area (Å²) in [5.41, 5.74) is 6.86. The third-order valence-corrected chi connectivity index (χ3v) is 2.81. The largest absolute Gasteiger partial charge is 0.434 e. The van der Waals surface area contributed by atoms with Crippen LogP contribution in [-0.2, 0) is 7.05 Å². The number of halogens is 2. The van der Waals surface area contributed by atoms with E-state index in [0.29, 0.717) is 21.7 Å². The first-order valence-corrected chi connectivity index (χ1v) is 5.70. The number of hydrogen-bond donors (Lipinski definition) is 1. The lowest BCUT2D eigenvalue weighted by atomic mass is 10.3. The molecule has 0 unspecified atom stereocenters. The van der Waals surface area contributed by atoms with E-state index >= 15 is 0 Å². The maximum atomic E-state index is 13.6. The van der Waals surface area contributed by atoms with Crippen LogP contribution < -0.4 is 10.5 Å². The van der Waals surface area contributed by atoms with Gasteiger partial charge in [0.05, 0.1) is 5.69 Å². The molecule has 2 rings (SSSR count). The molecule has 2 aromatic rings. The first-order chi connectivity index (χ1) is 7.99. The highest BCUT2D eigenvalue weighted by atomic mass is 79.9. The summed E-state index contributed by atoms with van der Waals surface area (Å²) < 4.78 is 21.1. The first kappa shape index (κ1) is 11.9. The van der Waals surface area contributed by atoms with E-state index in [-0.39, 0.29) is 5.75 Å². The topological polar surface area (TPSA) is 53.1 Å². The molecule has 1 heterocycles. The second kappa shape index (κ2) is 4.37. The van der Waals surface area contributed by atoms with Crippen LogP contribution in [0.5, 0.6) is 11.6 Å². The second-order valence-corrected chi connectivity index (χ2v) is 4.52. The van der Waals surface area contributed by atoms with Crippen LogP contribution in [0.25, 0.3) is 0 Å². The molecule has 4 nitrogen and oxygen atoms in total. The predicted molar refractivity (Wildman–Crippen MR) is 66.5 cm³/mol. The molecule has 2 N–H and O–H groups in total. The van der Waals surface area contributed by atoms with Crippen molar-refractivity contribution in [1.29, 1.82) is 0 Å². The zero-order chi connectivity index (χ0) is 12.6. The fraction of sp³-hybridized carbons (Fsp3) is 0.182. The number of nitrogens with zero attached hydrogens (tertiary/aromatic N) is 2. The summed E-state index contributed by atoms with van der Waals surface area (Å²) in [5, 5.41) is 4.09.